The highest BCUT2D eigenvalue weighted by molar-refractivity contribution is 5.78. The van der Waals surface area contributed by atoms with Gasteiger partial charge in [-0.3, -0.25) is 4.79 Å². The Balaban J connectivity index is 1.97. The van der Waals surface area contributed by atoms with E-state index in [-0.39, 0.29) is 0 Å². The zero-order valence-corrected chi connectivity index (χ0v) is 22.6. The molecule has 0 bridgehead atoms. The molecule has 2 saturated heterocycles. The van der Waals surface area contributed by atoms with E-state index in [1.807, 2.05) is 0 Å². The lowest BCUT2D eigenvalue weighted by molar-refractivity contribution is -0.377. The first kappa shape index (κ1) is 35.4. The van der Waals surface area contributed by atoms with Crippen LogP contribution in [0.5, 0.6) is 0 Å². The van der Waals surface area contributed by atoms with Crippen LogP contribution in [0, 0.1) is 0 Å². The van der Waals surface area contributed by atoms with Crippen molar-refractivity contribution in [2.45, 2.75) is 98.9 Å². The summed E-state index contributed by atoms with van der Waals surface area (Å²) in [6.07, 6.45) is -26.4. The lowest BCUT2D eigenvalue weighted by Gasteiger charge is -2.48. The van der Waals surface area contributed by atoms with Crippen molar-refractivity contribution in [3.63, 3.8) is 0 Å². The highest BCUT2D eigenvalue weighted by Crippen LogP contribution is 2.39. The molecule has 14 atom stereocenters. The third-order valence-corrected chi connectivity index (χ3v) is 7.12. The lowest BCUT2D eigenvalue weighted by atomic mass is 9.94. The van der Waals surface area contributed by atoms with Gasteiger partial charge in [0, 0.05) is 6.92 Å². The molecule has 43 heavy (non-hydrogen) atoms. The fourth-order valence-electron chi connectivity index (χ4n) is 4.83. The van der Waals surface area contributed by atoms with Gasteiger partial charge >= 0.3 is 5.97 Å². The Morgan fingerprint density at radius 2 is 1.58 bits per heavy atom. The van der Waals surface area contributed by atoms with Gasteiger partial charge in [0.05, 0.1) is 31.9 Å². The summed E-state index contributed by atoms with van der Waals surface area (Å²) in [5, 5.41) is 124. The molecule has 20 heteroatoms. The topological polar surface area (TPSA) is 335 Å². The van der Waals surface area contributed by atoms with Crippen LogP contribution in [0.25, 0.3) is 0 Å². The number of carbonyl (C=O) groups excluding carboxylic acids is 1. The summed E-state index contributed by atoms with van der Waals surface area (Å²) in [6, 6.07) is 0. The van der Waals surface area contributed by atoms with E-state index in [0.717, 1.165) is 6.92 Å². The minimum atomic E-state index is -3.08. The fraction of sp³-hybridized carbons (Fsp3) is 0.826. The maximum Gasteiger partial charge on any atom is 0.364 e. The molecule has 0 aromatic carbocycles. The number of nitrogens with one attached hydrogen (secondary N) is 1. The molecule has 2 fully saturated rings. The summed E-state index contributed by atoms with van der Waals surface area (Å²) < 4.78 is 26.7. The molecule has 13 N–H and O–H groups in total. The van der Waals surface area contributed by atoms with E-state index in [9.17, 15) is 70.9 Å². The standard InChI is InChI=1S/C23H37NO19/c1-6(28)24-11-7(29)2-23(22(37)38,42-18(11)12(31)8(30)3-25)43-19-13(32)9(4-26)40-21(16(19)35)41-17-10(5-27)39-20(36)15(34)14(17)33/h8-10,12-21,25-27,29-36H,2-5H2,1H3,(H,24,28)(H,37,38)/t8-,9?,10?,12+,13+,14?,15?,16?,17-,18?,19?,20?,21+,23+/m1/s1. The second-order valence-electron chi connectivity index (χ2n) is 10.2. The second-order valence-corrected chi connectivity index (χ2v) is 10.2. The number of aliphatic hydroxyl groups excluding tert-OH is 11. The Kier molecular flexibility index (Phi) is 11.8. The first-order chi connectivity index (χ1) is 20.1. The number of amides is 1. The van der Waals surface area contributed by atoms with Crippen LogP contribution in [-0.4, -0.2) is 178 Å². The van der Waals surface area contributed by atoms with Crippen LogP contribution in [0.15, 0.2) is 11.5 Å². The Hall–Kier alpha value is -2.12. The normalized spacial score (nSPS) is 41.9. The molecule has 0 radical (unpaired) electrons. The molecule has 1 amide bonds. The average Bonchev–Trinajstić information content (AvgIpc) is 2.96. The highest BCUT2D eigenvalue weighted by Gasteiger charge is 2.58. The Morgan fingerprint density at radius 3 is 2.12 bits per heavy atom. The van der Waals surface area contributed by atoms with E-state index in [4.69, 9.17) is 23.7 Å². The number of hydrogen-bond acceptors (Lipinski definition) is 18. The van der Waals surface area contributed by atoms with E-state index in [2.05, 4.69) is 5.32 Å². The minimum absolute atomic E-state index is 0.586. The van der Waals surface area contributed by atoms with E-state index in [0.29, 0.717) is 0 Å². The van der Waals surface area contributed by atoms with Crippen molar-refractivity contribution in [3.8, 4) is 0 Å². The van der Waals surface area contributed by atoms with Gasteiger partial charge < -0.3 is 90.3 Å². The number of carboxylic acids is 1. The van der Waals surface area contributed by atoms with Crippen LogP contribution in [-0.2, 0) is 33.3 Å². The number of hydrogen-bond donors (Lipinski definition) is 13. The van der Waals surface area contributed by atoms with Crippen molar-refractivity contribution in [1.82, 2.24) is 5.32 Å². The van der Waals surface area contributed by atoms with E-state index < -0.39 is 135 Å². The van der Waals surface area contributed by atoms with Crippen molar-refractivity contribution >= 4 is 11.9 Å². The van der Waals surface area contributed by atoms with Crippen LogP contribution in [0.2, 0.25) is 0 Å². The molecule has 3 heterocycles. The largest absolute Gasteiger partial charge is 0.510 e. The summed E-state index contributed by atoms with van der Waals surface area (Å²) in [7, 11) is 0. The van der Waals surface area contributed by atoms with Gasteiger partial charge in [-0.2, -0.15) is 0 Å². The van der Waals surface area contributed by atoms with Gasteiger partial charge in [-0.25, -0.2) is 4.79 Å². The number of aliphatic carboxylic acids is 1. The molecule has 8 unspecified atom stereocenters. The van der Waals surface area contributed by atoms with Gasteiger partial charge in [-0.15, -0.1) is 0 Å². The zero-order valence-electron chi connectivity index (χ0n) is 22.6. The average molecular weight is 632 g/mol. The zero-order chi connectivity index (χ0) is 32.4. The molecule has 0 spiro atoms. The van der Waals surface area contributed by atoms with Crippen LogP contribution in [0.3, 0.4) is 0 Å². The molecule has 20 nitrogen and oxygen atoms in total. The van der Waals surface area contributed by atoms with Gasteiger partial charge in [0.1, 0.15) is 72.9 Å². The quantitative estimate of drug-likeness (QED) is 0.101. The molecular formula is C23H37NO19. The smallest absolute Gasteiger partial charge is 0.364 e. The van der Waals surface area contributed by atoms with Crippen LogP contribution >= 0.6 is 0 Å². The van der Waals surface area contributed by atoms with Gasteiger partial charge in [-0.05, 0) is 0 Å². The molecule has 248 valence electrons. The summed E-state index contributed by atoms with van der Waals surface area (Å²) in [5.74, 6) is -6.82. The molecule has 3 aliphatic rings. The molecule has 0 aliphatic carbocycles. The Bertz CT molecular complexity index is 1010. The number of ether oxygens (including phenoxy) is 5. The number of carboxylic acid groups (broad SMARTS) is 1. The van der Waals surface area contributed by atoms with Crippen molar-refractivity contribution < 1.29 is 94.6 Å². The van der Waals surface area contributed by atoms with Gasteiger partial charge in [-0.1, -0.05) is 0 Å². The molecule has 0 aromatic heterocycles. The van der Waals surface area contributed by atoms with E-state index >= 15 is 0 Å². The third-order valence-electron chi connectivity index (χ3n) is 7.12. The lowest BCUT2D eigenvalue weighted by Crippen LogP contribution is -2.67. The molecular weight excluding hydrogens is 594 g/mol. The van der Waals surface area contributed by atoms with Crippen LogP contribution in [0.1, 0.15) is 13.3 Å². The van der Waals surface area contributed by atoms with E-state index in [1.54, 1.807) is 0 Å². The fourth-order valence-corrected chi connectivity index (χ4v) is 4.83. The summed E-state index contributed by atoms with van der Waals surface area (Å²) >= 11 is 0. The maximum atomic E-state index is 12.5. The number of rotatable bonds is 11. The minimum Gasteiger partial charge on any atom is -0.510 e. The highest BCUT2D eigenvalue weighted by atomic mass is 16.8. The number of aliphatic hydroxyl groups is 11. The second kappa shape index (κ2) is 14.3. The van der Waals surface area contributed by atoms with Crippen molar-refractivity contribution in [2.75, 3.05) is 19.8 Å². The monoisotopic (exact) mass is 631 g/mol. The molecule has 0 aromatic rings. The summed E-state index contributed by atoms with van der Waals surface area (Å²) in [6.45, 7) is -1.92. The first-order valence-corrected chi connectivity index (χ1v) is 13.0. The SMILES string of the molecule is CC(=O)NC1=C(O)C[C@](OC2C(O)[C@H](O[C@@H]3C(CO)OC(O)C(O)C3O)OC(CO)[C@@H]2O)(C(=O)O)OC1[C@@H](O)[C@H](O)CO. The van der Waals surface area contributed by atoms with Crippen molar-refractivity contribution in [3.05, 3.63) is 11.5 Å². The van der Waals surface area contributed by atoms with E-state index in [1.165, 1.54) is 0 Å². The summed E-state index contributed by atoms with van der Waals surface area (Å²) in [4.78, 5) is 24.2. The van der Waals surface area contributed by atoms with Crippen LogP contribution < -0.4 is 5.32 Å². The third kappa shape index (κ3) is 7.24. The van der Waals surface area contributed by atoms with Crippen molar-refractivity contribution in [2.24, 2.45) is 0 Å². The predicted molar refractivity (Wildman–Crippen MR) is 130 cm³/mol. The van der Waals surface area contributed by atoms with Crippen LogP contribution in [0.4, 0.5) is 0 Å². The first-order valence-electron chi connectivity index (χ1n) is 13.0. The molecule has 3 rings (SSSR count). The van der Waals surface area contributed by atoms with Gasteiger partial charge in [0.25, 0.3) is 5.79 Å². The van der Waals surface area contributed by atoms with Gasteiger partial charge in [0.15, 0.2) is 12.6 Å². The maximum absolute atomic E-state index is 12.5. The Labute approximate surface area is 242 Å². The van der Waals surface area contributed by atoms with Gasteiger partial charge in [0.2, 0.25) is 5.91 Å². The molecule has 3 aliphatic heterocycles. The predicted octanol–water partition coefficient (Wildman–Crippen LogP) is -7.18. The molecule has 0 saturated carbocycles. The number of carbonyl (C=O) groups is 2. The summed E-state index contributed by atoms with van der Waals surface area (Å²) in [5.41, 5.74) is -0.586. The Morgan fingerprint density at radius 1 is 0.953 bits per heavy atom. The van der Waals surface area contributed by atoms with Crippen molar-refractivity contribution in [1.29, 1.82) is 0 Å².